The minimum Gasteiger partial charge on any atom is -0.507 e. The Bertz CT molecular complexity index is 2830. The number of rotatable bonds is 16. The van der Waals surface area contributed by atoms with Gasteiger partial charge in [0.25, 0.3) is 0 Å². The third-order valence-electron chi connectivity index (χ3n) is 11.9. The monoisotopic (exact) mass is 802 g/mol. The zero-order valence-electron chi connectivity index (χ0n) is 35.5. The molecule has 0 spiro atoms. The molecule has 0 amide bonds. The van der Waals surface area contributed by atoms with Crippen molar-refractivity contribution < 1.29 is 19.7 Å². The van der Waals surface area contributed by atoms with E-state index in [0.717, 1.165) is 97.3 Å². The second-order valence-electron chi connectivity index (χ2n) is 16.2. The molecule has 4 nitrogen and oxygen atoms in total. The van der Waals surface area contributed by atoms with Gasteiger partial charge in [-0.3, -0.25) is 0 Å². The summed E-state index contributed by atoms with van der Waals surface area (Å²) < 4.78 is 13.4. The first kappa shape index (κ1) is 41.0. The van der Waals surface area contributed by atoms with Crippen LogP contribution in [0.2, 0.25) is 0 Å². The zero-order chi connectivity index (χ0) is 42.3. The fourth-order valence-electron chi connectivity index (χ4n) is 8.70. The molecule has 0 aliphatic rings. The lowest BCUT2D eigenvalue weighted by molar-refractivity contribution is 0.179. The topological polar surface area (TPSA) is 58.9 Å². The average molecular weight is 803 g/mol. The zero-order valence-corrected chi connectivity index (χ0v) is 35.5. The van der Waals surface area contributed by atoms with E-state index in [2.05, 4.69) is 100 Å². The van der Waals surface area contributed by atoms with Gasteiger partial charge >= 0.3 is 0 Å². The van der Waals surface area contributed by atoms with Gasteiger partial charge in [0, 0.05) is 39.3 Å². The number of ether oxygens (including phenoxy) is 2. The predicted molar refractivity (Wildman–Crippen MR) is 255 cm³/mol. The number of hydrogen-bond acceptors (Lipinski definition) is 4. The first-order chi connectivity index (χ1) is 29.9. The van der Waals surface area contributed by atoms with Gasteiger partial charge in [-0.2, -0.15) is 0 Å². The van der Waals surface area contributed by atoms with Gasteiger partial charge in [-0.25, -0.2) is 0 Å². The second-order valence-corrected chi connectivity index (χ2v) is 16.2. The Kier molecular flexibility index (Phi) is 12.5. The Hall–Kier alpha value is -6.78. The van der Waals surface area contributed by atoms with Crippen molar-refractivity contribution in [2.24, 2.45) is 5.92 Å². The Morgan fingerprint density at radius 3 is 1.62 bits per heavy atom. The molecule has 8 rings (SSSR count). The number of phenols is 2. The van der Waals surface area contributed by atoms with Gasteiger partial charge in [-0.15, -0.1) is 6.58 Å². The molecule has 8 aromatic rings. The number of aromatic hydroxyl groups is 2. The maximum atomic E-state index is 12.2. The lowest BCUT2D eigenvalue weighted by Gasteiger charge is -2.21. The van der Waals surface area contributed by atoms with Crippen molar-refractivity contribution >= 4 is 21.5 Å². The predicted octanol–water partition coefficient (Wildman–Crippen LogP) is 15.1. The van der Waals surface area contributed by atoms with Gasteiger partial charge in [0.05, 0.1) is 13.2 Å². The summed E-state index contributed by atoms with van der Waals surface area (Å²) in [5, 5.41) is 28.6. The van der Waals surface area contributed by atoms with E-state index in [4.69, 9.17) is 9.47 Å². The normalized spacial score (nSPS) is 11.8. The number of unbranched alkanes of at least 4 members (excludes halogenated alkanes) is 2. The Morgan fingerprint density at radius 2 is 1.03 bits per heavy atom. The smallest absolute Gasteiger partial charge is 0.131 e. The lowest BCUT2D eigenvalue weighted by Crippen LogP contribution is -2.20. The molecule has 0 saturated heterocycles. The highest BCUT2D eigenvalue weighted by molar-refractivity contribution is 6.02. The standard InChI is InChI=1S/C57H54O4/c1-5-7-8-18-40-31-34-53(51(35-40)48-25-16-27-50(57(48)59)55-39(4)30-33-43-20-10-12-22-45(43)55)61-37-41(17-6-2)36-60-52-28-14-13-23-46(52)47-24-15-26-49(56(47)58)54-38(3)29-32-42-19-9-11-21-44(42)54/h6,9-16,19-35,41,58-59H,2,5,7-8,17-18,36-37H2,1,3-4H3. The van der Waals surface area contributed by atoms with Crippen LogP contribution in [0.25, 0.3) is 66.1 Å². The van der Waals surface area contributed by atoms with E-state index in [1.54, 1.807) is 0 Å². The Balaban J connectivity index is 1.08. The number of benzene rings is 8. The van der Waals surface area contributed by atoms with Crippen LogP contribution < -0.4 is 9.47 Å². The van der Waals surface area contributed by atoms with Gasteiger partial charge in [0.2, 0.25) is 0 Å². The quantitative estimate of drug-likeness (QED) is 0.0755. The van der Waals surface area contributed by atoms with Crippen molar-refractivity contribution in [3.8, 4) is 67.5 Å². The number of fused-ring (bicyclic) bond motifs is 2. The summed E-state index contributed by atoms with van der Waals surface area (Å²) in [4.78, 5) is 0. The van der Waals surface area contributed by atoms with Crippen LogP contribution in [0.3, 0.4) is 0 Å². The number of para-hydroxylation sites is 3. The highest BCUT2D eigenvalue weighted by atomic mass is 16.5. The van der Waals surface area contributed by atoms with Gasteiger partial charge < -0.3 is 19.7 Å². The van der Waals surface area contributed by atoms with Crippen LogP contribution in [-0.2, 0) is 6.42 Å². The summed E-state index contributed by atoms with van der Waals surface area (Å²) in [6, 6.07) is 51.4. The van der Waals surface area contributed by atoms with Crippen molar-refractivity contribution in [2.75, 3.05) is 13.2 Å². The van der Waals surface area contributed by atoms with E-state index in [9.17, 15) is 10.2 Å². The molecular weight excluding hydrogens is 749 g/mol. The summed E-state index contributed by atoms with van der Waals surface area (Å²) in [6.45, 7) is 11.2. The maximum Gasteiger partial charge on any atom is 0.131 e. The molecule has 0 bridgehead atoms. The Morgan fingerprint density at radius 1 is 0.525 bits per heavy atom. The highest BCUT2D eigenvalue weighted by Gasteiger charge is 2.21. The van der Waals surface area contributed by atoms with E-state index < -0.39 is 0 Å². The molecule has 0 heterocycles. The van der Waals surface area contributed by atoms with Crippen LogP contribution in [-0.4, -0.2) is 23.4 Å². The van der Waals surface area contributed by atoms with Crippen molar-refractivity contribution in [2.45, 2.75) is 52.9 Å². The molecule has 1 unspecified atom stereocenters. The molecule has 8 aromatic carbocycles. The second kappa shape index (κ2) is 18.6. The van der Waals surface area contributed by atoms with Gasteiger partial charge in [0.1, 0.15) is 23.0 Å². The highest BCUT2D eigenvalue weighted by Crippen LogP contribution is 2.46. The van der Waals surface area contributed by atoms with Crippen molar-refractivity contribution in [1.29, 1.82) is 0 Å². The molecule has 0 aliphatic carbocycles. The minimum atomic E-state index is -0.0286. The third-order valence-corrected chi connectivity index (χ3v) is 11.9. The fraction of sp³-hybridized carbons (Fsp3) is 0.193. The van der Waals surface area contributed by atoms with E-state index in [-0.39, 0.29) is 17.4 Å². The number of hydrogen-bond donors (Lipinski definition) is 2. The van der Waals surface area contributed by atoms with Crippen LogP contribution in [0.15, 0.2) is 164 Å². The summed E-state index contributed by atoms with van der Waals surface area (Å²) in [7, 11) is 0. The molecule has 0 fully saturated rings. The minimum absolute atomic E-state index is 0.0286. The summed E-state index contributed by atoms with van der Waals surface area (Å²) in [5.41, 5.74) is 10.2. The molecule has 1 atom stereocenters. The molecule has 0 radical (unpaired) electrons. The Labute approximate surface area is 360 Å². The number of phenolic OH excluding ortho intramolecular Hbond substituents is 2. The third kappa shape index (κ3) is 8.63. The molecule has 2 N–H and O–H groups in total. The molecule has 0 aromatic heterocycles. The SMILES string of the molecule is C=CCC(COc1ccccc1-c1cccc(-c2c(C)ccc3ccccc23)c1O)COc1ccc(CCCCC)cc1-c1cccc(-c2c(C)ccc3ccccc23)c1O. The number of aryl methyl sites for hydroxylation is 3. The first-order valence-corrected chi connectivity index (χ1v) is 21.6. The summed E-state index contributed by atoms with van der Waals surface area (Å²) in [5.74, 6) is 1.82. The van der Waals surface area contributed by atoms with E-state index in [1.807, 2.05) is 84.9 Å². The molecule has 306 valence electrons. The summed E-state index contributed by atoms with van der Waals surface area (Å²) in [6.07, 6.45) is 6.95. The van der Waals surface area contributed by atoms with E-state index in [0.29, 0.717) is 36.7 Å². The van der Waals surface area contributed by atoms with Crippen LogP contribution in [0, 0.1) is 19.8 Å². The van der Waals surface area contributed by atoms with Crippen LogP contribution in [0.5, 0.6) is 23.0 Å². The average Bonchev–Trinajstić information content (AvgIpc) is 3.28. The van der Waals surface area contributed by atoms with E-state index in [1.165, 1.54) is 5.56 Å². The van der Waals surface area contributed by atoms with Crippen molar-refractivity contribution in [3.05, 3.63) is 181 Å². The number of allylic oxidation sites excluding steroid dienone is 1. The van der Waals surface area contributed by atoms with Crippen LogP contribution >= 0.6 is 0 Å². The maximum absolute atomic E-state index is 12.2. The van der Waals surface area contributed by atoms with Gasteiger partial charge in [-0.05, 0) is 101 Å². The van der Waals surface area contributed by atoms with Crippen LogP contribution in [0.1, 0.15) is 49.3 Å². The van der Waals surface area contributed by atoms with E-state index >= 15 is 0 Å². The summed E-state index contributed by atoms with van der Waals surface area (Å²) >= 11 is 0. The molecular formula is C57H54O4. The lowest BCUT2D eigenvalue weighted by atomic mass is 9.90. The van der Waals surface area contributed by atoms with Crippen molar-refractivity contribution in [3.63, 3.8) is 0 Å². The van der Waals surface area contributed by atoms with Crippen molar-refractivity contribution in [1.82, 2.24) is 0 Å². The van der Waals surface area contributed by atoms with Gasteiger partial charge in [-0.1, -0.05) is 159 Å². The molecule has 61 heavy (non-hydrogen) atoms. The fourth-order valence-corrected chi connectivity index (χ4v) is 8.70. The van der Waals surface area contributed by atoms with Crippen LogP contribution in [0.4, 0.5) is 0 Å². The molecule has 4 heteroatoms. The largest absolute Gasteiger partial charge is 0.507 e. The first-order valence-electron chi connectivity index (χ1n) is 21.6. The molecule has 0 saturated carbocycles. The molecule has 0 aliphatic heterocycles. The van der Waals surface area contributed by atoms with Gasteiger partial charge in [0.15, 0.2) is 0 Å².